The number of hydrogen-bond acceptors (Lipinski definition) is 7. The third-order valence-corrected chi connectivity index (χ3v) is 10.6. The van der Waals surface area contributed by atoms with Crippen molar-refractivity contribution in [3.63, 3.8) is 0 Å². The molecule has 7 nitrogen and oxygen atoms in total. The maximum absolute atomic E-state index is 11.1. The molecule has 1 aliphatic rings. The second kappa shape index (κ2) is 42.5. The zero-order valence-corrected chi connectivity index (χ0v) is 33.8. The molecule has 1 saturated carbocycles. The zero-order chi connectivity index (χ0) is 36.4. The summed E-state index contributed by atoms with van der Waals surface area (Å²) < 4.78 is 28.1. The first kappa shape index (κ1) is 48.7. The predicted molar refractivity (Wildman–Crippen MR) is 214 cm³/mol. The molecule has 0 aromatic carbocycles. The van der Waals surface area contributed by atoms with Gasteiger partial charge in [-0.15, -0.1) is 0 Å². The molecule has 2 atom stereocenters. The molecule has 1 aliphatic carbocycles. The van der Waals surface area contributed by atoms with Gasteiger partial charge in [0.05, 0.1) is 78.3 Å². The van der Waals surface area contributed by atoms with Gasteiger partial charge in [0.25, 0.3) is 0 Å². The Morgan fingerprint density at radius 2 is 0.529 bits per heavy atom. The minimum atomic E-state index is -0.384. The summed E-state index contributed by atoms with van der Waals surface area (Å²) in [6, 6.07) is 0. The van der Waals surface area contributed by atoms with Crippen LogP contribution in [0.4, 0.5) is 0 Å². The molecule has 0 heterocycles. The fourth-order valence-electron chi connectivity index (χ4n) is 7.31. The van der Waals surface area contributed by atoms with Crippen molar-refractivity contribution in [1.82, 2.24) is 0 Å². The van der Waals surface area contributed by atoms with E-state index in [-0.39, 0.29) is 18.8 Å². The quantitative estimate of drug-likeness (QED) is 0.162. The molecule has 0 radical (unpaired) electrons. The van der Waals surface area contributed by atoms with Crippen molar-refractivity contribution >= 4 is 0 Å². The lowest BCUT2D eigenvalue weighted by atomic mass is 9.99. The van der Waals surface area contributed by atoms with Crippen molar-refractivity contribution in [3.8, 4) is 0 Å². The Labute approximate surface area is 317 Å². The van der Waals surface area contributed by atoms with Crippen LogP contribution in [0.2, 0.25) is 0 Å². The van der Waals surface area contributed by atoms with E-state index in [1.807, 2.05) is 0 Å². The summed E-state index contributed by atoms with van der Waals surface area (Å²) in [7, 11) is 0. The van der Waals surface area contributed by atoms with Crippen LogP contribution in [0.15, 0.2) is 0 Å². The first-order valence-electron chi connectivity index (χ1n) is 22.6. The third-order valence-electron chi connectivity index (χ3n) is 10.6. The molecule has 1 rings (SSSR count). The van der Waals surface area contributed by atoms with Crippen LogP contribution in [-0.4, -0.2) is 88.5 Å². The minimum absolute atomic E-state index is 0.0371. The number of ether oxygens (including phenoxy) is 5. The first-order valence-corrected chi connectivity index (χ1v) is 22.6. The average molecular weight is 729 g/mol. The van der Waals surface area contributed by atoms with Gasteiger partial charge < -0.3 is 33.9 Å². The third kappa shape index (κ3) is 37.8. The summed E-state index contributed by atoms with van der Waals surface area (Å²) in [6.07, 6.45) is 42.8. The van der Waals surface area contributed by atoms with E-state index in [9.17, 15) is 5.11 Å². The van der Waals surface area contributed by atoms with Crippen LogP contribution in [-0.2, 0) is 23.7 Å². The van der Waals surface area contributed by atoms with Gasteiger partial charge in [-0.2, -0.15) is 0 Å². The standard InChI is InChI=1S/C44H88O7/c45-33-34-47-35-36-48-37-38-49-39-40-50-41-42-51-44-32-30-28-26-24-22-20-18-16-14-12-10-8-6-4-2-1-3-5-7-9-11-13-15-17-19-21-23-25-27-29-31-43(44)46/h43-46H,1-42H2. The van der Waals surface area contributed by atoms with Crippen molar-refractivity contribution in [3.05, 3.63) is 0 Å². The zero-order valence-electron chi connectivity index (χ0n) is 33.8. The van der Waals surface area contributed by atoms with Crippen LogP contribution in [0.1, 0.15) is 205 Å². The molecule has 0 aliphatic heterocycles. The Bertz CT molecular complexity index is 637. The van der Waals surface area contributed by atoms with E-state index in [0.29, 0.717) is 59.5 Å². The van der Waals surface area contributed by atoms with Gasteiger partial charge in [-0.3, -0.25) is 0 Å². The van der Waals surface area contributed by atoms with Crippen molar-refractivity contribution in [2.24, 2.45) is 0 Å². The van der Waals surface area contributed by atoms with E-state index >= 15 is 0 Å². The van der Waals surface area contributed by atoms with E-state index in [1.54, 1.807) is 0 Å². The number of hydrogen-bond donors (Lipinski definition) is 2. The molecule has 0 bridgehead atoms. The van der Waals surface area contributed by atoms with Gasteiger partial charge in [0.1, 0.15) is 0 Å². The van der Waals surface area contributed by atoms with Gasteiger partial charge >= 0.3 is 0 Å². The summed E-state index contributed by atoms with van der Waals surface area (Å²) in [6.45, 7) is 4.50. The number of aliphatic hydroxyl groups excluding tert-OH is 2. The Hall–Kier alpha value is -0.280. The molecule has 306 valence electrons. The van der Waals surface area contributed by atoms with Gasteiger partial charge in [-0.25, -0.2) is 0 Å². The smallest absolute Gasteiger partial charge is 0.0835 e. The lowest BCUT2D eigenvalue weighted by Gasteiger charge is -2.24. The second-order valence-electron chi connectivity index (χ2n) is 15.3. The summed E-state index contributed by atoms with van der Waals surface area (Å²) in [4.78, 5) is 0. The van der Waals surface area contributed by atoms with Crippen LogP contribution in [0.5, 0.6) is 0 Å². The minimum Gasteiger partial charge on any atom is -0.394 e. The molecule has 2 N–H and O–H groups in total. The maximum atomic E-state index is 11.1. The number of rotatable bonds is 15. The molecule has 2 unspecified atom stereocenters. The van der Waals surface area contributed by atoms with E-state index in [2.05, 4.69) is 0 Å². The Kier molecular flexibility index (Phi) is 40.6. The molecule has 0 saturated heterocycles. The van der Waals surface area contributed by atoms with E-state index in [1.165, 1.54) is 180 Å². The summed E-state index contributed by atoms with van der Waals surface area (Å²) in [5.41, 5.74) is 0. The van der Waals surface area contributed by atoms with E-state index < -0.39 is 0 Å². The van der Waals surface area contributed by atoms with Gasteiger partial charge in [-0.1, -0.05) is 193 Å². The summed E-state index contributed by atoms with van der Waals surface area (Å²) in [5.74, 6) is 0. The molecular weight excluding hydrogens is 640 g/mol. The van der Waals surface area contributed by atoms with Crippen LogP contribution in [0, 0.1) is 0 Å². The lowest BCUT2D eigenvalue weighted by molar-refractivity contribution is -0.0679. The highest BCUT2D eigenvalue weighted by Crippen LogP contribution is 2.20. The normalized spacial score (nSPS) is 22.9. The summed E-state index contributed by atoms with van der Waals surface area (Å²) in [5, 5.41) is 19.8. The van der Waals surface area contributed by atoms with Crippen molar-refractivity contribution in [2.75, 3.05) is 66.1 Å². The Morgan fingerprint density at radius 1 is 0.294 bits per heavy atom. The fourth-order valence-corrected chi connectivity index (χ4v) is 7.31. The number of aliphatic hydroxyl groups is 2. The van der Waals surface area contributed by atoms with Gasteiger partial charge in [0.15, 0.2) is 0 Å². The van der Waals surface area contributed by atoms with Crippen molar-refractivity contribution < 1.29 is 33.9 Å². The Balaban J connectivity index is 2.27. The topological polar surface area (TPSA) is 86.6 Å². The molecule has 1 fully saturated rings. The van der Waals surface area contributed by atoms with Crippen molar-refractivity contribution in [1.29, 1.82) is 0 Å². The highest BCUT2D eigenvalue weighted by Gasteiger charge is 2.19. The largest absolute Gasteiger partial charge is 0.394 e. The lowest BCUT2D eigenvalue weighted by Crippen LogP contribution is -2.30. The molecule has 0 spiro atoms. The first-order chi connectivity index (χ1) is 25.3. The molecular formula is C44H88O7. The van der Waals surface area contributed by atoms with E-state index in [4.69, 9.17) is 28.8 Å². The monoisotopic (exact) mass is 729 g/mol. The van der Waals surface area contributed by atoms with Gasteiger partial charge in [-0.05, 0) is 12.8 Å². The average Bonchev–Trinajstić information content (AvgIpc) is 3.14. The Morgan fingerprint density at radius 3 is 0.824 bits per heavy atom. The maximum Gasteiger partial charge on any atom is 0.0835 e. The van der Waals surface area contributed by atoms with Gasteiger partial charge in [0.2, 0.25) is 0 Å². The van der Waals surface area contributed by atoms with E-state index in [0.717, 1.165) is 25.7 Å². The second-order valence-corrected chi connectivity index (χ2v) is 15.3. The fraction of sp³-hybridized carbons (Fsp3) is 1.00. The molecule has 0 amide bonds. The van der Waals surface area contributed by atoms with Crippen LogP contribution < -0.4 is 0 Å². The predicted octanol–water partition coefficient (Wildman–Crippen LogP) is 11.3. The van der Waals surface area contributed by atoms with Crippen LogP contribution in [0.3, 0.4) is 0 Å². The SMILES string of the molecule is OCCOCCOCCOCCOCCOC1CCCCCCCCCCCCCCCCCCCCCCCCCCCCCCCCC1O. The highest BCUT2D eigenvalue weighted by molar-refractivity contribution is 4.70. The van der Waals surface area contributed by atoms with Crippen molar-refractivity contribution in [2.45, 2.75) is 218 Å². The summed E-state index contributed by atoms with van der Waals surface area (Å²) >= 11 is 0. The molecule has 7 heteroatoms. The molecule has 0 aromatic heterocycles. The van der Waals surface area contributed by atoms with Crippen LogP contribution in [0.25, 0.3) is 0 Å². The molecule has 0 aromatic rings. The van der Waals surface area contributed by atoms with Gasteiger partial charge in [0, 0.05) is 0 Å². The molecule has 51 heavy (non-hydrogen) atoms. The highest BCUT2D eigenvalue weighted by atomic mass is 16.6. The van der Waals surface area contributed by atoms with Crippen LogP contribution >= 0.6 is 0 Å².